The van der Waals surface area contributed by atoms with Gasteiger partial charge in [-0.1, -0.05) is 17.7 Å². The van der Waals surface area contributed by atoms with Crippen LogP contribution in [0.15, 0.2) is 53.5 Å². The average Bonchev–Trinajstić information content (AvgIpc) is 3.15. The van der Waals surface area contributed by atoms with Crippen molar-refractivity contribution >= 4 is 39.5 Å². The molecule has 0 bridgehead atoms. The molecule has 0 aliphatic rings. The van der Waals surface area contributed by atoms with E-state index in [1.54, 1.807) is 24.4 Å². The van der Waals surface area contributed by atoms with Gasteiger partial charge in [-0.3, -0.25) is 14.0 Å². The standard InChI is InChI=1S/C24H22ClN3O4S/c1-14-4-6-19(8-15(14)2)31-13-22(29)27-20-9-17(25)5-7-21(20)32-12-18-10-23(30)28-11-16(3)33-24(28)26-18/h4-11H,12-13H2,1-3H3,(H,27,29). The van der Waals surface area contributed by atoms with Crippen LogP contribution in [0.1, 0.15) is 21.7 Å². The van der Waals surface area contributed by atoms with Crippen LogP contribution in [0.25, 0.3) is 4.96 Å². The maximum Gasteiger partial charge on any atom is 0.262 e. The summed E-state index contributed by atoms with van der Waals surface area (Å²) in [6.45, 7) is 5.81. The van der Waals surface area contributed by atoms with Crippen molar-refractivity contribution in [2.75, 3.05) is 11.9 Å². The first kappa shape index (κ1) is 22.8. The highest BCUT2D eigenvalue weighted by Crippen LogP contribution is 2.29. The van der Waals surface area contributed by atoms with Gasteiger partial charge in [-0.15, -0.1) is 11.3 Å². The lowest BCUT2D eigenvalue weighted by Crippen LogP contribution is -2.20. The maximum atomic E-state index is 12.5. The first-order chi connectivity index (χ1) is 15.8. The van der Waals surface area contributed by atoms with E-state index in [1.165, 1.54) is 21.8 Å². The predicted octanol–water partition coefficient (Wildman–Crippen LogP) is 4.93. The second-order valence-electron chi connectivity index (χ2n) is 7.59. The highest BCUT2D eigenvalue weighted by Gasteiger charge is 2.12. The minimum absolute atomic E-state index is 0.0618. The predicted molar refractivity (Wildman–Crippen MR) is 130 cm³/mol. The molecule has 170 valence electrons. The van der Waals surface area contributed by atoms with E-state index in [1.807, 2.05) is 39.0 Å². The molecule has 2 aromatic carbocycles. The third-order valence-electron chi connectivity index (χ3n) is 4.98. The van der Waals surface area contributed by atoms with Crippen LogP contribution >= 0.6 is 22.9 Å². The summed E-state index contributed by atoms with van der Waals surface area (Å²) in [5.74, 6) is 0.669. The zero-order chi connectivity index (χ0) is 23.5. The van der Waals surface area contributed by atoms with E-state index in [4.69, 9.17) is 21.1 Å². The molecule has 0 spiro atoms. The van der Waals surface area contributed by atoms with Crippen LogP contribution in [0.5, 0.6) is 11.5 Å². The number of nitrogens with one attached hydrogen (secondary N) is 1. The third kappa shape index (κ3) is 5.53. The molecule has 0 saturated carbocycles. The maximum absolute atomic E-state index is 12.5. The number of fused-ring (bicyclic) bond motifs is 1. The third-order valence-corrected chi connectivity index (χ3v) is 6.11. The monoisotopic (exact) mass is 483 g/mol. The van der Waals surface area contributed by atoms with E-state index in [-0.39, 0.29) is 24.7 Å². The first-order valence-electron chi connectivity index (χ1n) is 10.2. The molecule has 0 radical (unpaired) electrons. The second-order valence-corrected chi connectivity index (χ2v) is 9.24. The van der Waals surface area contributed by atoms with Gasteiger partial charge in [-0.2, -0.15) is 0 Å². The number of anilines is 1. The van der Waals surface area contributed by atoms with E-state index in [9.17, 15) is 9.59 Å². The van der Waals surface area contributed by atoms with Crippen LogP contribution in [-0.4, -0.2) is 21.9 Å². The van der Waals surface area contributed by atoms with Gasteiger partial charge in [0.25, 0.3) is 11.5 Å². The Labute approximate surface area is 199 Å². The number of hydrogen-bond donors (Lipinski definition) is 1. The molecule has 4 rings (SSSR count). The van der Waals surface area contributed by atoms with Gasteiger partial charge < -0.3 is 14.8 Å². The minimum atomic E-state index is -0.354. The zero-order valence-electron chi connectivity index (χ0n) is 18.3. The normalized spacial score (nSPS) is 10.9. The number of aryl methyl sites for hydroxylation is 3. The molecular formula is C24H22ClN3O4S. The summed E-state index contributed by atoms with van der Waals surface area (Å²) in [6.07, 6.45) is 1.76. The van der Waals surface area contributed by atoms with Gasteiger partial charge in [0, 0.05) is 22.2 Å². The van der Waals surface area contributed by atoms with Crippen molar-refractivity contribution in [3.05, 3.63) is 85.7 Å². The Bertz CT molecular complexity index is 1400. The largest absolute Gasteiger partial charge is 0.485 e. The fourth-order valence-corrected chi connectivity index (χ4v) is 4.17. The highest BCUT2D eigenvalue weighted by molar-refractivity contribution is 7.16. The fourth-order valence-electron chi connectivity index (χ4n) is 3.15. The summed E-state index contributed by atoms with van der Waals surface area (Å²) in [5, 5.41) is 3.21. The molecule has 2 heterocycles. The topological polar surface area (TPSA) is 81.9 Å². The van der Waals surface area contributed by atoms with Crippen LogP contribution in [0.4, 0.5) is 5.69 Å². The van der Waals surface area contributed by atoms with Crippen LogP contribution in [0.3, 0.4) is 0 Å². The molecule has 0 fully saturated rings. The van der Waals surface area contributed by atoms with E-state index in [0.29, 0.717) is 32.9 Å². The lowest BCUT2D eigenvalue weighted by Gasteiger charge is -2.13. The summed E-state index contributed by atoms with van der Waals surface area (Å²) < 4.78 is 13.0. The Kier molecular flexibility index (Phi) is 6.67. The van der Waals surface area contributed by atoms with Crippen molar-refractivity contribution in [2.24, 2.45) is 0 Å². The number of hydrogen-bond acceptors (Lipinski definition) is 6. The minimum Gasteiger partial charge on any atom is -0.485 e. The Morgan fingerprint density at radius 2 is 1.91 bits per heavy atom. The van der Waals surface area contributed by atoms with E-state index < -0.39 is 0 Å². The van der Waals surface area contributed by atoms with Crippen molar-refractivity contribution in [2.45, 2.75) is 27.4 Å². The Morgan fingerprint density at radius 3 is 2.70 bits per heavy atom. The number of halogens is 1. The van der Waals surface area contributed by atoms with Crippen LogP contribution in [0, 0.1) is 20.8 Å². The smallest absolute Gasteiger partial charge is 0.262 e. The van der Waals surface area contributed by atoms with Crippen molar-refractivity contribution in [3.63, 3.8) is 0 Å². The van der Waals surface area contributed by atoms with Crippen molar-refractivity contribution < 1.29 is 14.3 Å². The summed E-state index contributed by atoms with van der Waals surface area (Å²) in [5.41, 5.74) is 2.96. The average molecular weight is 484 g/mol. The Balaban J connectivity index is 1.44. The van der Waals surface area contributed by atoms with Crippen LogP contribution in [-0.2, 0) is 11.4 Å². The molecule has 2 aromatic heterocycles. The lowest BCUT2D eigenvalue weighted by atomic mass is 10.1. The number of aromatic nitrogens is 2. The molecule has 4 aromatic rings. The molecule has 0 atom stereocenters. The van der Waals surface area contributed by atoms with E-state index >= 15 is 0 Å². The lowest BCUT2D eigenvalue weighted by molar-refractivity contribution is -0.118. The molecule has 9 heteroatoms. The quantitative estimate of drug-likeness (QED) is 0.403. The highest BCUT2D eigenvalue weighted by atomic mass is 35.5. The number of rotatable bonds is 7. The van der Waals surface area contributed by atoms with E-state index in [2.05, 4.69) is 10.3 Å². The van der Waals surface area contributed by atoms with Crippen LogP contribution in [0.2, 0.25) is 5.02 Å². The molecule has 1 amide bonds. The van der Waals surface area contributed by atoms with Gasteiger partial charge in [0.15, 0.2) is 11.6 Å². The summed E-state index contributed by atoms with van der Waals surface area (Å²) in [4.78, 5) is 30.8. The SMILES string of the molecule is Cc1cn2c(=O)cc(COc3ccc(Cl)cc3NC(=O)COc3ccc(C)c(C)c3)nc2s1. The molecule has 7 nitrogen and oxygen atoms in total. The Hall–Kier alpha value is -3.36. The molecule has 0 saturated heterocycles. The number of benzene rings is 2. The van der Waals surface area contributed by atoms with Gasteiger partial charge in [0.1, 0.15) is 18.1 Å². The van der Waals surface area contributed by atoms with Crippen LogP contribution < -0.4 is 20.3 Å². The fraction of sp³-hybridized carbons (Fsp3) is 0.208. The van der Waals surface area contributed by atoms with Gasteiger partial charge in [-0.05, 0) is 62.2 Å². The first-order valence-corrected chi connectivity index (χ1v) is 11.4. The van der Waals surface area contributed by atoms with Gasteiger partial charge in [0.2, 0.25) is 0 Å². The molecule has 0 aliphatic heterocycles. The molecule has 1 N–H and O–H groups in total. The van der Waals surface area contributed by atoms with Gasteiger partial charge in [0.05, 0.1) is 11.4 Å². The van der Waals surface area contributed by atoms with Gasteiger partial charge in [-0.25, -0.2) is 4.98 Å². The van der Waals surface area contributed by atoms with Crippen molar-refractivity contribution in [3.8, 4) is 11.5 Å². The number of carbonyl (C=O) groups is 1. The molecular weight excluding hydrogens is 462 g/mol. The number of ether oxygens (including phenoxy) is 2. The Morgan fingerprint density at radius 1 is 1.09 bits per heavy atom. The molecule has 0 unspecified atom stereocenters. The second kappa shape index (κ2) is 9.64. The van der Waals surface area contributed by atoms with Crippen molar-refractivity contribution in [1.82, 2.24) is 9.38 Å². The van der Waals surface area contributed by atoms with Crippen molar-refractivity contribution in [1.29, 1.82) is 0 Å². The van der Waals surface area contributed by atoms with Gasteiger partial charge >= 0.3 is 0 Å². The molecule has 0 aliphatic carbocycles. The number of nitrogens with zero attached hydrogens (tertiary/aromatic N) is 2. The number of carbonyl (C=O) groups excluding carboxylic acids is 1. The molecule has 33 heavy (non-hydrogen) atoms. The summed E-state index contributed by atoms with van der Waals surface area (Å²) in [7, 11) is 0. The number of thiazole rings is 1. The number of amides is 1. The van der Waals surface area contributed by atoms with E-state index in [0.717, 1.165) is 16.0 Å². The zero-order valence-corrected chi connectivity index (χ0v) is 19.9. The summed E-state index contributed by atoms with van der Waals surface area (Å²) >= 11 is 7.55. The summed E-state index contributed by atoms with van der Waals surface area (Å²) in [6, 6.07) is 12.0.